The summed E-state index contributed by atoms with van der Waals surface area (Å²) < 4.78 is 11.0. The van der Waals surface area contributed by atoms with E-state index >= 15 is 0 Å². The Bertz CT molecular complexity index is 792. The summed E-state index contributed by atoms with van der Waals surface area (Å²) in [5.74, 6) is 1.61. The smallest absolute Gasteiger partial charge is 0.231 e. The third kappa shape index (κ3) is 4.93. The number of hydrogen-bond acceptors (Lipinski definition) is 4. The Kier molecular flexibility index (Phi) is 6.27. The normalized spacial score (nSPS) is 16.4. The van der Waals surface area contributed by atoms with E-state index in [2.05, 4.69) is 27.3 Å². The number of thiocarbonyl (C=S) groups is 1. The second kappa shape index (κ2) is 9.24. The standard InChI is InChI=1S/C22H27N3O2S/c28-22(24-19-7-3-1-2-4-8-19)25(15-18-6-5-11-23-13-18)14-17-9-10-20-21(12-17)27-16-26-20/h5-6,9-13,19H,1-4,7-8,14-16H2,(H,24,28). The van der Waals surface area contributed by atoms with Crippen molar-refractivity contribution < 1.29 is 9.47 Å². The third-order valence-corrected chi connectivity index (χ3v) is 5.75. The van der Waals surface area contributed by atoms with Crippen molar-refractivity contribution in [2.24, 2.45) is 0 Å². The molecule has 0 amide bonds. The van der Waals surface area contributed by atoms with Crippen molar-refractivity contribution in [3.8, 4) is 11.5 Å². The quantitative estimate of drug-likeness (QED) is 0.596. The molecule has 148 valence electrons. The van der Waals surface area contributed by atoms with Crippen LogP contribution in [0.2, 0.25) is 0 Å². The van der Waals surface area contributed by atoms with Crippen LogP contribution in [0.1, 0.15) is 49.7 Å². The first-order chi connectivity index (χ1) is 13.8. The predicted octanol–water partition coefficient (Wildman–Crippen LogP) is 4.41. The largest absolute Gasteiger partial charge is 0.454 e. The molecule has 1 aromatic carbocycles. The fourth-order valence-corrected chi connectivity index (χ4v) is 4.16. The van der Waals surface area contributed by atoms with E-state index in [1.54, 1.807) is 6.20 Å². The Balaban J connectivity index is 1.48. The van der Waals surface area contributed by atoms with Gasteiger partial charge in [-0.3, -0.25) is 4.98 Å². The lowest BCUT2D eigenvalue weighted by Gasteiger charge is -2.29. The molecule has 1 N–H and O–H groups in total. The van der Waals surface area contributed by atoms with E-state index in [1.807, 2.05) is 24.4 Å². The van der Waals surface area contributed by atoms with Crippen molar-refractivity contribution in [3.05, 3.63) is 53.9 Å². The van der Waals surface area contributed by atoms with Gasteiger partial charge in [0.15, 0.2) is 16.6 Å². The van der Waals surface area contributed by atoms with Crippen LogP contribution in [0.25, 0.3) is 0 Å². The number of pyridine rings is 1. The summed E-state index contributed by atoms with van der Waals surface area (Å²) in [5, 5.41) is 4.45. The Morgan fingerprint density at radius 2 is 1.82 bits per heavy atom. The highest BCUT2D eigenvalue weighted by atomic mass is 32.1. The predicted molar refractivity (Wildman–Crippen MR) is 113 cm³/mol. The monoisotopic (exact) mass is 397 g/mol. The zero-order valence-corrected chi connectivity index (χ0v) is 16.9. The van der Waals surface area contributed by atoms with E-state index in [4.69, 9.17) is 21.7 Å². The fourth-order valence-electron chi connectivity index (χ4n) is 3.86. The first-order valence-corrected chi connectivity index (χ1v) is 10.5. The maximum absolute atomic E-state index is 5.84. The van der Waals surface area contributed by atoms with E-state index < -0.39 is 0 Å². The first-order valence-electron chi connectivity index (χ1n) is 10.1. The van der Waals surface area contributed by atoms with Gasteiger partial charge in [-0.1, -0.05) is 37.8 Å². The first kappa shape index (κ1) is 19.0. The van der Waals surface area contributed by atoms with E-state index in [-0.39, 0.29) is 0 Å². The number of fused-ring (bicyclic) bond motifs is 1. The van der Waals surface area contributed by atoms with Gasteiger partial charge in [0.25, 0.3) is 0 Å². The van der Waals surface area contributed by atoms with Crippen molar-refractivity contribution >= 4 is 17.3 Å². The van der Waals surface area contributed by atoms with Gasteiger partial charge >= 0.3 is 0 Å². The summed E-state index contributed by atoms with van der Waals surface area (Å²) in [6, 6.07) is 10.6. The fraction of sp³-hybridized carbons (Fsp3) is 0.455. The van der Waals surface area contributed by atoms with Crippen LogP contribution in [0.3, 0.4) is 0 Å². The molecule has 0 unspecified atom stereocenters. The molecule has 2 heterocycles. The van der Waals surface area contributed by atoms with E-state index in [9.17, 15) is 0 Å². The Morgan fingerprint density at radius 3 is 2.61 bits per heavy atom. The number of rotatable bonds is 5. The van der Waals surface area contributed by atoms with Crippen LogP contribution in [-0.2, 0) is 13.1 Å². The second-order valence-corrected chi connectivity index (χ2v) is 7.93. The van der Waals surface area contributed by atoms with E-state index in [1.165, 1.54) is 38.5 Å². The van der Waals surface area contributed by atoms with Crippen molar-refractivity contribution in [3.63, 3.8) is 0 Å². The highest BCUT2D eigenvalue weighted by Crippen LogP contribution is 2.33. The maximum Gasteiger partial charge on any atom is 0.231 e. The lowest BCUT2D eigenvalue weighted by atomic mass is 10.1. The number of nitrogens with zero attached hydrogens (tertiary/aromatic N) is 2. The summed E-state index contributed by atoms with van der Waals surface area (Å²) in [6.45, 7) is 1.73. The molecule has 2 aliphatic rings. The van der Waals surface area contributed by atoms with Gasteiger partial charge in [0, 0.05) is 31.5 Å². The molecule has 28 heavy (non-hydrogen) atoms. The van der Waals surface area contributed by atoms with Crippen LogP contribution in [0.4, 0.5) is 0 Å². The molecule has 0 atom stereocenters. The highest BCUT2D eigenvalue weighted by molar-refractivity contribution is 7.80. The van der Waals surface area contributed by atoms with Gasteiger partial charge in [-0.25, -0.2) is 0 Å². The Labute approximate surface area is 172 Å². The third-order valence-electron chi connectivity index (χ3n) is 5.38. The SMILES string of the molecule is S=C(NC1CCCCCC1)N(Cc1cccnc1)Cc1ccc2c(c1)OCO2. The lowest BCUT2D eigenvalue weighted by molar-refractivity contribution is 0.174. The number of ether oxygens (including phenoxy) is 2. The minimum Gasteiger partial charge on any atom is -0.454 e. The highest BCUT2D eigenvalue weighted by Gasteiger charge is 2.19. The van der Waals surface area contributed by atoms with Crippen LogP contribution in [0.5, 0.6) is 11.5 Å². The van der Waals surface area contributed by atoms with Crippen LogP contribution >= 0.6 is 12.2 Å². The zero-order chi connectivity index (χ0) is 19.2. The molecule has 0 bridgehead atoms. The molecular weight excluding hydrogens is 370 g/mol. The number of aromatic nitrogens is 1. The summed E-state index contributed by atoms with van der Waals surface area (Å²) in [7, 11) is 0. The second-order valence-electron chi connectivity index (χ2n) is 7.54. The van der Waals surface area contributed by atoms with E-state index in [0.717, 1.165) is 34.3 Å². The van der Waals surface area contributed by atoms with Gasteiger partial charge < -0.3 is 19.7 Å². The Hall–Kier alpha value is -2.34. The van der Waals surface area contributed by atoms with Crippen LogP contribution < -0.4 is 14.8 Å². The van der Waals surface area contributed by atoms with Gasteiger partial charge in [-0.15, -0.1) is 0 Å². The summed E-state index contributed by atoms with van der Waals surface area (Å²) in [4.78, 5) is 6.47. The minimum atomic E-state index is 0.292. The molecule has 4 rings (SSSR count). The number of hydrogen-bond donors (Lipinski definition) is 1. The molecule has 1 aromatic heterocycles. The van der Waals surface area contributed by atoms with Gasteiger partial charge in [0.05, 0.1) is 0 Å². The van der Waals surface area contributed by atoms with Gasteiger partial charge in [-0.2, -0.15) is 0 Å². The topological polar surface area (TPSA) is 46.6 Å². The molecule has 0 radical (unpaired) electrons. The maximum atomic E-state index is 5.84. The van der Waals surface area contributed by atoms with E-state index in [0.29, 0.717) is 19.4 Å². The van der Waals surface area contributed by atoms with Gasteiger partial charge in [0.1, 0.15) is 0 Å². The summed E-state index contributed by atoms with van der Waals surface area (Å²) in [6.07, 6.45) is 11.3. The molecule has 0 saturated heterocycles. The molecule has 1 fully saturated rings. The van der Waals surface area contributed by atoms with Crippen molar-refractivity contribution in [2.75, 3.05) is 6.79 Å². The average molecular weight is 398 g/mol. The molecule has 1 aliphatic heterocycles. The Morgan fingerprint density at radius 1 is 1.04 bits per heavy atom. The molecular formula is C22H27N3O2S. The van der Waals surface area contributed by atoms with Crippen LogP contribution in [0.15, 0.2) is 42.7 Å². The minimum absolute atomic E-state index is 0.292. The van der Waals surface area contributed by atoms with Gasteiger partial charge in [0.2, 0.25) is 6.79 Å². The molecule has 1 saturated carbocycles. The average Bonchev–Trinajstić information content (AvgIpc) is 3.03. The molecule has 1 aliphatic carbocycles. The number of benzene rings is 1. The molecule has 0 spiro atoms. The lowest BCUT2D eigenvalue weighted by Crippen LogP contribution is -2.43. The molecule has 5 nitrogen and oxygen atoms in total. The van der Waals surface area contributed by atoms with Crippen LogP contribution in [-0.4, -0.2) is 27.8 Å². The zero-order valence-electron chi connectivity index (χ0n) is 16.1. The van der Waals surface area contributed by atoms with Gasteiger partial charge in [-0.05, 0) is 54.4 Å². The van der Waals surface area contributed by atoms with Crippen LogP contribution in [0, 0.1) is 0 Å². The van der Waals surface area contributed by atoms with Crippen molar-refractivity contribution in [1.29, 1.82) is 0 Å². The van der Waals surface area contributed by atoms with Crippen molar-refractivity contribution in [2.45, 2.75) is 57.7 Å². The molecule has 6 heteroatoms. The summed E-state index contributed by atoms with van der Waals surface area (Å²) >= 11 is 5.84. The van der Waals surface area contributed by atoms with Crippen molar-refractivity contribution in [1.82, 2.24) is 15.2 Å². The number of nitrogens with one attached hydrogen (secondary N) is 1. The molecule has 2 aromatic rings. The summed E-state index contributed by atoms with van der Waals surface area (Å²) in [5.41, 5.74) is 2.30.